The molecule has 0 atom stereocenters. The van der Waals surface area contributed by atoms with Gasteiger partial charge in [-0.3, -0.25) is 4.79 Å². The average Bonchev–Trinajstić information content (AvgIpc) is 2.06. The Morgan fingerprint density at radius 3 is 2.56 bits per heavy atom. The summed E-state index contributed by atoms with van der Waals surface area (Å²) in [6.45, 7) is 2.43. The first-order valence-electron chi connectivity index (χ1n) is 6.20. The van der Waals surface area contributed by atoms with Crippen molar-refractivity contribution in [1.82, 2.24) is 5.32 Å². The van der Waals surface area contributed by atoms with E-state index < -0.39 is 0 Å². The summed E-state index contributed by atoms with van der Waals surface area (Å²) < 4.78 is 5.52. The van der Waals surface area contributed by atoms with E-state index in [-0.39, 0.29) is 23.6 Å². The van der Waals surface area contributed by atoms with Crippen LogP contribution in [0.15, 0.2) is 0 Å². The molecule has 4 saturated carbocycles. The van der Waals surface area contributed by atoms with Crippen LogP contribution in [0.2, 0.25) is 0 Å². The summed E-state index contributed by atoms with van der Waals surface area (Å²) in [7, 11) is 0. The summed E-state index contributed by atoms with van der Waals surface area (Å²) in [6.07, 6.45) is 5.37. The lowest BCUT2D eigenvalue weighted by Gasteiger charge is -2.68. The van der Waals surface area contributed by atoms with Gasteiger partial charge in [0.2, 0.25) is 5.91 Å². The Labute approximate surface area is 95.9 Å². The molecule has 4 rings (SSSR count). The molecule has 0 radical (unpaired) electrons. The van der Waals surface area contributed by atoms with Crippen molar-refractivity contribution in [2.75, 3.05) is 6.61 Å². The molecular formula is C12H20N2O2. The molecule has 0 spiro atoms. The third kappa shape index (κ3) is 1.64. The van der Waals surface area contributed by atoms with Crippen LogP contribution in [-0.2, 0) is 9.53 Å². The number of carbonyl (C=O) groups is 1. The van der Waals surface area contributed by atoms with Crippen molar-refractivity contribution in [3.63, 3.8) is 0 Å². The standard InChI is InChI=1S/C12H20N2O2/c1-8-2-9(3-8)16-4-10(15)14-12-5-11(13,6-12)7-12/h8-9H,2-7,13H2,1H3,(H,14,15). The van der Waals surface area contributed by atoms with Crippen molar-refractivity contribution in [1.29, 1.82) is 0 Å². The summed E-state index contributed by atoms with van der Waals surface area (Å²) in [5, 5.41) is 3.05. The molecule has 4 heteroatoms. The molecule has 0 aromatic heterocycles. The molecule has 4 fully saturated rings. The van der Waals surface area contributed by atoms with Crippen molar-refractivity contribution in [3.8, 4) is 0 Å². The van der Waals surface area contributed by atoms with E-state index in [9.17, 15) is 4.79 Å². The number of ether oxygens (including phenoxy) is 1. The van der Waals surface area contributed by atoms with Gasteiger partial charge in [-0.05, 0) is 38.0 Å². The molecule has 0 aromatic rings. The monoisotopic (exact) mass is 224 g/mol. The van der Waals surface area contributed by atoms with Gasteiger partial charge in [0.25, 0.3) is 0 Å². The minimum Gasteiger partial charge on any atom is -0.368 e. The van der Waals surface area contributed by atoms with Crippen LogP contribution in [0, 0.1) is 5.92 Å². The van der Waals surface area contributed by atoms with Gasteiger partial charge < -0.3 is 15.8 Å². The summed E-state index contributed by atoms with van der Waals surface area (Å²) in [6, 6.07) is 0. The van der Waals surface area contributed by atoms with Gasteiger partial charge in [-0.15, -0.1) is 0 Å². The fraction of sp³-hybridized carbons (Fsp3) is 0.917. The highest BCUT2D eigenvalue weighted by Crippen LogP contribution is 2.58. The topological polar surface area (TPSA) is 64.3 Å². The minimum atomic E-state index is 0.0290. The minimum absolute atomic E-state index is 0.0290. The van der Waals surface area contributed by atoms with E-state index in [0.717, 1.165) is 38.0 Å². The normalized spacial score (nSPS) is 48.6. The molecular weight excluding hydrogens is 204 g/mol. The summed E-state index contributed by atoms with van der Waals surface area (Å²) in [5.41, 5.74) is 6.03. The zero-order valence-electron chi connectivity index (χ0n) is 9.79. The first kappa shape index (κ1) is 10.5. The molecule has 0 saturated heterocycles. The third-order valence-electron chi connectivity index (χ3n) is 4.26. The Balaban J connectivity index is 1.35. The van der Waals surface area contributed by atoms with Crippen molar-refractivity contribution < 1.29 is 9.53 Å². The van der Waals surface area contributed by atoms with Crippen LogP contribution < -0.4 is 11.1 Å². The largest absolute Gasteiger partial charge is 0.368 e. The van der Waals surface area contributed by atoms with Gasteiger partial charge in [-0.25, -0.2) is 0 Å². The SMILES string of the molecule is CC1CC(OCC(=O)NC23CC(N)(C2)C3)C1. The smallest absolute Gasteiger partial charge is 0.246 e. The maximum atomic E-state index is 11.6. The second-order valence-electron chi connectivity index (χ2n) is 6.23. The zero-order valence-corrected chi connectivity index (χ0v) is 9.79. The summed E-state index contributed by atoms with van der Waals surface area (Å²) in [4.78, 5) is 11.6. The molecule has 4 nitrogen and oxygen atoms in total. The van der Waals surface area contributed by atoms with E-state index >= 15 is 0 Å². The molecule has 0 aromatic carbocycles. The summed E-state index contributed by atoms with van der Waals surface area (Å²) >= 11 is 0. The van der Waals surface area contributed by atoms with Gasteiger partial charge in [-0.2, -0.15) is 0 Å². The highest BCUT2D eigenvalue weighted by atomic mass is 16.5. The number of carbonyl (C=O) groups excluding carboxylic acids is 1. The molecule has 2 bridgehead atoms. The van der Waals surface area contributed by atoms with Gasteiger partial charge in [-0.1, -0.05) is 6.92 Å². The first-order chi connectivity index (χ1) is 7.49. The molecule has 4 aliphatic rings. The second-order valence-corrected chi connectivity index (χ2v) is 6.23. The van der Waals surface area contributed by atoms with Gasteiger partial charge in [0.05, 0.1) is 6.10 Å². The molecule has 1 amide bonds. The van der Waals surface area contributed by atoms with E-state index in [1.54, 1.807) is 0 Å². The number of nitrogens with one attached hydrogen (secondary N) is 1. The van der Waals surface area contributed by atoms with Crippen LogP contribution in [0.25, 0.3) is 0 Å². The van der Waals surface area contributed by atoms with Crippen LogP contribution in [0.3, 0.4) is 0 Å². The van der Waals surface area contributed by atoms with Crippen molar-refractivity contribution in [2.45, 2.75) is 56.2 Å². The highest BCUT2D eigenvalue weighted by molar-refractivity contribution is 5.79. The Morgan fingerprint density at radius 1 is 1.44 bits per heavy atom. The van der Waals surface area contributed by atoms with E-state index in [1.807, 2.05) is 0 Å². The lowest BCUT2D eigenvalue weighted by atomic mass is 9.44. The molecule has 3 N–H and O–H groups in total. The van der Waals surface area contributed by atoms with Gasteiger partial charge in [0.15, 0.2) is 0 Å². The number of hydrogen-bond donors (Lipinski definition) is 2. The predicted molar refractivity (Wildman–Crippen MR) is 59.8 cm³/mol. The molecule has 90 valence electrons. The third-order valence-corrected chi connectivity index (χ3v) is 4.26. The number of rotatable bonds is 4. The van der Waals surface area contributed by atoms with Gasteiger partial charge in [0, 0.05) is 11.1 Å². The predicted octanol–water partition coefficient (Wildman–Crippen LogP) is 0.551. The van der Waals surface area contributed by atoms with Crippen LogP contribution in [0.4, 0.5) is 0 Å². The van der Waals surface area contributed by atoms with Crippen LogP contribution in [0.1, 0.15) is 39.0 Å². The second kappa shape index (κ2) is 3.20. The van der Waals surface area contributed by atoms with E-state index in [1.165, 1.54) is 0 Å². The number of hydrogen-bond acceptors (Lipinski definition) is 3. The fourth-order valence-corrected chi connectivity index (χ4v) is 3.49. The van der Waals surface area contributed by atoms with Crippen LogP contribution >= 0.6 is 0 Å². The quantitative estimate of drug-likeness (QED) is 0.733. The van der Waals surface area contributed by atoms with Crippen LogP contribution in [0.5, 0.6) is 0 Å². The lowest BCUT2D eigenvalue weighted by molar-refractivity contribution is -0.144. The maximum absolute atomic E-state index is 11.6. The van der Waals surface area contributed by atoms with E-state index in [4.69, 9.17) is 10.5 Å². The van der Waals surface area contributed by atoms with Crippen LogP contribution in [-0.4, -0.2) is 29.7 Å². The lowest BCUT2D eigenvalue weighted by Crippen LogP contribution is -2.82. The summed E-state index contributed by atoms with van der Waals surface area (Å²) in [5.74, 6) is 0.795. The first-order valence-corrected chi connectivity index (χ1v) is 6.20. The molecule has 0 heterocycles. The number of amides is 1. The average molecular weight is 224 g/mol. The molecule has 0 aliphatic heterocycles. The maximum Gasteiger partial charge on any atom is 0.246 e. The molecule has 4 aliphatic carbocycles. The van der Waals surface area contributed by atoms with E-state index in [2.05, 4.69) is 12.2 Å². The zero-order chi connectivity index (χ0) is 11.4. The molecule has 0 unspecified atom stereocenters. The number of nitrogens with two attached hydrogens (primary N) is 1. The Bertz CT molecular complexity index is 303. The van der Waals surface area contributed by atoms with E-state index in [0.29, 0.717) is 6.10 Å². The van der Waals surface area contributed by atoms with Crippen molar-refractivity contribution in [3.05, 3.63) is 0 Å². The van der Waals surface area contributed by atoms with Crippen molar-refractivity contribution in [2.24, 2.45) is 11.7 Å². The Kier molecular flexibility index (Phi) is 2.11. The Hall–Kier alpha value is -0.610. The molecule has 16 heavy (non-hydrogen) atoms. The van der Waals surface area contributed by atoms with Gasteiger partial charge >= 0.3 is 0 Å². The highest BCUT2D eigenvalue weighted by Gasteiger charge is 2.66. The van der Waals surface area contributed by atoms with Gasteiger partial charge in [0.1, 0.15) is 6.61 Å². The van der Waals surface area contributed by atoms with Crippen molar-refractivity contribution >= 4 is 5.91 Å². The fourth-order valence-electron chi connectivity index (χ4n) is 3.49. The Morgan fingerprint density at radius 2 is 2.06 bits per heavy atom.